The van der Waals surface area contributed by atoms with Gasteiger partial charge in [0.15, 0.2) is 0 Å². The molecule has 1 fully saturated rings. The molecule has 0 heterocycles. The van der Waals surface area contributed by atoms with Gasteiger partial charge in [0.1, 0.15) is 17.8 Å². The van der Waals surface area contributed by atoms with Crippen LogP contribution in [0.1, 0.15) is 49.7 Å². The molecule has 0 spiro atoms. The number of alkyl halides is 3. The van der Waals surface area contributed by atoms with E-state index in [4.69, 9.17) is 44.2 Å². The van der Waals surface area contributed by atoms with Crippen LogP contribution in [0, 0.1) is 17.2 Å². The highest BCUT2D eigenvalue weighted by atomic mass is 35.5. The van der Waals surface area contributed by atoms with Crippen LogP contribution in [0.15, 0.2) is 47.4 Å². The van der Waals surface area contributed by atoms with Gasteiger partial charge in [-0.2, -0.15) is 13.2 Å². The Balaban J connectivity index is 0.00000116. The van der Waals surface area contributed by atoms with Crippen molar-refractivity contribution in [2.75, 3.05) is 27.2 Å². The van der Waals surface area contributed by atoms with Gasteiger partial charge in [0.25, 0.3) is 0 Å². The zero-order valence-electron chi connectivity index (χ0n) is 27.9. The highest BCUT2D eigenvalue weighted by Crippen LogP contribution is 2.27. The van der Waals surface area contributed by atoms with Crippen molar-refractivity contribution >= 4 is 62.8 Å². The first-order valence-electron chi connectivity index (χ1n) is 15.7. The third kappa shape index (κ3) is 14.3. The molecule has 2 aromatic rings. The average molecular weight is 782 g/mol. The van der Waals surface area contributed by atoms with E-state index in [1.807, 2.05) is 0 Å². The molecule has 3 rings (SSSR count). The Morgan fingerprint density at radius 1 is 0.980 bits per heavy atom. The summed E-state index contributed by atoms with van der Waals surface area (Å²) in [6, 6.07) is 9.95. The normalized spacial score (nSPS) is 14.6. The number of nitrogen functional groups attached to an aromatic ring is 1. The summed E-state index contributed by atoms with van der Waals surface area (Å²) in [5.74, 6) is -5.32. The smallest absolute Gasteiger partial charge is 0.475 e. The van der Waals surface area contributed by atoms with E-state index in [9.17, 15) is 36.0 Å². The Kier molecular flexibility index (Phi) is 16.6. The minimum Gasteiger partial charge on any atom is -0.475 e. The molecule has 0 bridgehead atoms. The van der Waals surface area contributed by atoms with Gasteiger partial charge in [-0.05, 0) is 55.4 Å². The van der Waals surface area contributed by atoms with E-state index in [0.29, 0.717) is 17.5 Å². The molecule has 13 nitrogen and oxygen atoms in total. The topological polar surface area (TPSA) is 212 Å². The van der Waals surface area contributed by atoms with Crippen molar-refractivity contribution in [3.8, 4) is 0 Å². The Bertz CT molecular complexity index is 1640. The van der Waals surface area contributed by atoms with Crippen molar-refractivity contribution in [2.24, 2.45) is 17.6 Å². The third-order valence-corrected chi connectivity index (χ3v) is 9.67. The number of carbonyl (C=O) groups is 4. The van der Waals surface area contributed by atoms with Crippen LogP contribution in [-0.4, -0.2) is 87.4 Å². The first kappa shape index (κ1) is 43.2. The molecule has 0 radical (unpaired) electrons. The second kappa shape index (κ2) is 19.6. The number of benzene rings is 2. The molecule has 0 aliphatic heterocycles. The number of rotatable bonds is 14. The van der Waals surface area contributed by atoms with Gasteiger partial charge >= 0.3 is 12.1 Å². The quantitative estimate of drug-likeness (QED) is 0.0719. The van der Waals surface area contributed by atoms with Gasteiger partial charge < -0.3 is 26.4 Å². The molecule has 19 heteroatoms. The number of hydrogen-bond acceptors (Lipinski definition) is 7. The first-order valence-corrected chi connectivity index (χ1v) is 17.9. The Morgan fingerprint density at radius 3 is 2.02 bits per heavy atom. The minimum absolute atomic E-state index is 0.0506. The zero-order valence-corrected chi connectivity index (χ0v) is 30.2. The number of nitrogens with two attached hydrogens (primary N) is 1. The molecule has 1 aliphatic carbocycles. The summed E-state index contributed by atoms with van der Waals surface area (Å²) < 4.78 is 59.4. The Morgan fingerprint density at radius 2 is 1.53 bits per heavy atom. The molecular weight excluding hydrogens is 740 g/mol. The van der Waals surface area contributed by atoms with Gasteiger partial charge in [-0.1, -0.05) is 66.7 Å². The number of sulfonamides is 1. The number of amides is 3. The minimum atomic E-state index is -5.08. The summed E-state index contributed by atoms with van der Waals surface area (Å²) in [7, 11) is -0.711. The van der Waals surface area contributed by atoms with E-state index < -0.39 is 45.9 Å². The molecule has 1 aliphatic rings. The van der Waals surface area contributed by atoms with E-state index in [1.165, 1.54) is 23.1 Å². The van der Waals surface area contributed by atoms with E-state index in [0.717, 1.165) is 32.1 Å². The maximum atomic E-state index is 13.6. The standard InChI is InChI=1S/C30H40Cl2N6O5S.C2HF3O2/c1-38(2)30(41)25(15-19-9-11-21(12-10-19)27(33)34)28(39)37-26(20-7-4-3-5-8-20)29(40)35-13-6-14-36-44(42,43)24-17-22(31)16-23(32)18-24;3-2(4,5)1(6)7/h9-12,16-18,20,25-26,36H,3-8,13-15H2,1-2H3,(H3,33,34)(H,35,40)(H,37,39);(H,6,7)/t25?,26-;/m0./s1. The number of hydrogen-bond donors (Lipinski definition) is 6. The monoisotopic (exact) mass is 780 g/mol. The number of halogens is 5. The molecule has 3 amide bonds. The highest BCUT2D eigenvalue weighted by Gasteiger charge is 2.38. The average Bonchev–Trinajstić information content (AvgIpc) is 3.05. The maximum absolute atomic E-state index is 13.6. The summed E-state index contributed by atoms with van der Waals surface area (Å²) in [5, 5.41) is 20.8. The van der Waals surface area contributed by atoms with Gasteiger partial charge in [0, 0.05) is 42.8 Å². The number of aliphatic carboxylic acids is 1. The Labute approximate surface area is 304 Å². The molecule has 282 valence electrons. The maximum Gasteiger partial charge on any atom is 0.490 e. The van der Waals surface area contributed by atoms with Crippen molar-refractivity contribution < 1.29 is 45.9 Å². The lowest BCUT2D eigenvalue weighted by atomic mass is 9.83. The zero-order chi connectivity index (χ0) is 38.5. The van der Waals surface area contributed by atoms with Crippen LogP contribution < -0.4 is 21.1 Å². The summed E-state index contributed by atoms with van der Waals surface area (Å²) in [4.78, 5) is 50.3. The van der Waals surface area contributed by atoms with Crippen molar-refractivity contribution in [2.45, 2.75) is 62.1 Å². The molecule has 0 aromatic heterocycles. The molecule has 51 heavy (non-hydrogen) atoms. The molecular formula is C32H41Cl2F3N6O7S. The van der Waals surface area contributed by atoms with Crippen LogP contribution in [0.5, 0.6) is 0 Å². The van der Waals surface area contributed by atoms with Gasteiger partial charge in [-0.25, -0.2) is 17.9 Å². The van der Waals surface area contributed by atoms with Gasteiger partial charge in [0.05, 0.1) is 4.90 Å². The molecule has 7 N–H and O–H groups in total. The molecule has 0 saturated heterocycles. The van der Waals surface area contributed by atoms with E-state index in [1.54, 1.807) is 38.4 Å². The largest absolute Gasteiger partial charge is 0.490 e. The lowest BCUT2D eigenvalue weighted by Crippen LogP contribution is -2.54. The van der Waals surface area contributed by atoms with Crippen LogP contribution in [0.3, 0.4) is 0 Å². The van der Waals surface area contributed by atoms with E-state index in [-0.39, 0.29) is 52.1 Å². The molecule has 2 atom stereocenters. The lowest BCUT2D eigenvalue weighted by molar-refractivity contribution is -0.192. The highest BCUT2D eigenvalue weighted by molar-refractivity contribution is 7.89. The van der Waals surface area contributed by atoms with Crippen LogP contribution in [0.25, 0.3) is 0 Å². The molecule has 2 aromatic carbocycles. The van der Waals surface area contributed by atoms with Gasteiger partial charge in [-0.15, -0.1) is 0 Å². The first-order chi connectivity index (χ1) is 23.7. The third-order valence-electron chi connectivity index (χ3n) is 7.80. The van der Waals surface area contributed by atoms with Gasteiger partial charge in [-0.3, -0.25) is 19.8 Å². The van der Waals surface area contributed by atoms with Crippen molar-refractivity contribution in [1.82, 2.24) is 20.3 Å². The van der Waals surface area contributed by atoms with Crippen LogP contribution in [0.4, 0.5) is 13.2 Å². The second-order valence-corrected chi connectivity index (χ2v) is 14.6. The summed E-state index contributed by atoms with van der Waals surface area (Å²) in [5.41, 5.74) is 6.79. The van der Waals surface area contributed by atoms with Gasteiger partial charge in [0.2, 0.25) is 27.7 Å². The fraction of sp³-hybridized carbons (Fsp3) is 0.469. The summed E-state index contributed by atoms with van der Waals surface area (Å²) in [6.07, 6.45) is -0.238. The number of nitrogens with one attached hydrogen (secondary N) is 4. The van der Waals surface area contributed by atoms with E-state index in [2.05, 4.69) is 15.4 Å². The Hall–Kier alpha value is -3.93. The summed E-state index contributed by atoms with van der Waals surface area (Å²) in [6.45, 7) is 0.217. The summed E-state index contributed by atoms with van der Waals surface area (Å²) >= 11 is 11.9. The SMILES string of the molecule is CN(C)C(=O)C(Cc1ccc(C(=N)N)cc1)C(=O)N[C@H](C(=O)NCCCNS(=O)(=O)c1cc(Cl)cc(Cl)c1)C1CCCCC1.O=C(O)C(F)(F)F. The molecule has 1 saturated carbocycles. The number of carbonyl (C=O) groups excluding carboxylic acids is 3. The van der Waals surface area contributed by atoms with Crippen LogP contribution >= 0.6 is 23.2 Å². The fourth-order valence-corrected chi connectivity index (χ4v) is 6.96. The van der Waals surface area contributed by atoms with Crippen molar-refractivity contribution in [3.63, 3.8) is 0 Å². The number of carboxylic acids is 1. The predicted molar refractivity (Wildman–Crippen MR) is 185 cm³/mol. The van der Waals surface area contributed by atoms with Crippen molar-refractivity contribution in [1.29, 1.82) is 5.41 Å². The second-order valence-electron chi connectivity index (χ2n) is 11.9. The van der Waals surface area contributed by atoms with Crippen LogP contribution in [0.2, 0.25) is 10.0 Å². The molecule has 1 unspecified atom stereocenters. The number of amidine groups is 1. The lowest BCUT2D eigenvalue weighted by Gasteiger charge is -2.31. The van der Waals surface area contributed by atoms with Crippen LogP contribution in [-0.2, 0) is 35.6 Å². The van der Waals surface area contributed by atoms with E-state index >= 15 is 0 Å². The number of carboxylic acid groups (broad SMARTS) is 1. The fourth-order valence-electron chi connectivity index (χ4n) is 5.16. The number of nitrogens with zero attached hydrogens (tertiary/aromatic N) is 1. The van der Waals surface area contributed by atoms with Crippen molar-refractivity contribution in [3.05, 3.63) is 63.6 Å². The predicted octanol–water partition coefficient (Wildman–Crippen LogP) is 3.71.